The normalized spacial score (nSPS) is 19.3. The summed E-state index contributed by atoms with van der Waals surface area (Å²) in [6.45, 7) is 6.42. The summed E-state index contributed by atoms with van der Waals surface area (Å²) in [4.78, 5) is 11.5. The fraction of sp³-hybridized carbons (Fsp3) is 0.923. The van der Waals surface area contributed by atoms with Crippen molar-refractivity contribution in [3.05, 3.63) is 0 Å². The first kappa shape index (κ1) is 14.8. The maximum Gasteiger partial charge on any atom is 0.237 e. The maximum absolute atomic E-state index is 11.5. The lowest BCUT2D eigenvalue weighted by Crippen LogP contribution is -2.54. The van der Waals surface area contributed by atoms with Gasteiger partial charge in [-0.2, -0.15) is 11.8 Å². The lowest BCUT2D eigenvalue weighted by molar-refractivity contribution is -0.124. The van der Waals surface area contributed by atoms with E-state index in [4.69, 9.17) is 5.73 Å². The molecule has 1 fully saturated rings. The second-order valence-electron chi connectivity index (χ2n) is 5.66. The second-order valence-corrected chi connectivity index (χ2v) is 6.88. The summed E-state index contributed by atoms with van der Waals surface area (Å²) < 4.78 is 0. The average molecular weight is 258 g/mol. The number of nitrogens with two attached hydrogens (primary N) is 1. The molecular formula is C13H26N2OS. The number of hydrogen-bond donors (Lipinski definition) is 2. The van der Waals surface area contributed by atoms with Crippen molar-refractivity contribution in [3.8, 4) is 0 Å². The molecule has 1 aliphatic rings. The molecule has 100 valence electrons. The molecule has 1 saturated carbocycles. The Morgan fingerprint density at radius 3 is 2.59 bits per heavy atom. The number of nitrogens with one attached hydrogen (secondary N) is 1. The van der Waals surface area contributed by atoms with E-state index in [0.29, 0.717) is 6.04 Å². The fourth-order valence-electron chi connectivity index (χ4n) is 1.64. The first-order valence-corrected chi connectivity index (χ1v) is 7.75. The van der Waals surface area contributed by atoms with E-state index in [1.165, 1.54) is 25.0 Å². The smallest absolute Gasteiger partial charge is 0.237 e. The van der Waals surface area contributed by atoms with Crippen LogP contribution in [0.25, 0.3) is 0 Å². The Hall–Kier alpha value is -0.220. The van der Waals surface area contributed by atoms with Gasteiger partial charge in [-0.05, 0) is 50.0 Å². The summed E-state index contributed by atoms with van der Waals surface area (Å²) in [5, 5.41) is 3.38. The Balaban J connectivity index is 2.21. The van der Waals surface area contributed by atoms with Crippen molar-refractivity contribution in [2.45, 2.75) is 58.0 Å². The Morgan fingerprint density at radius 2 is 2.12 bits per heavy atom. The van der Waals surface area contributed by atoms with E-state index in [-0.39, 0.29) is 5.91 Å². The molecule has 0 bridgehead atoms. The number of amides is 1. The van der Waals surface area contributed by atoms with Crippen molar-refractivity contribution in [1.29, 1.82) is 0 Å². The van der Waals surface area contributed by atoms with Gasteiger partial charge in [0, 0.05) is 6.04 Å². The molecule has 0 saturated heterocycles. The van der Waals surface area contributed by atoms with Crippen molar-refractivity contribution < 1.29 is 4.79 Å². The molecule has 0 aromatic carbocycles. The minimum absolute atomic E-state index is 0.214. The first-order chi connectivity index (χ1) is 7.94. The molecule has 0 heterocycles. The van der Waals surface area contributed by atoms with Crippen LogP contribution in [0.15, 0.2) is 0 Å². The van der Waals surface area contributed by atoms with Crippen LogP contribution >= 0.6 is 11.8 Å². The third kappa shape index (κ3) is 5.77. The Bertz CT molecular complexity index is 254. The van der Waals surface area contributed by atoms with Crippen LogP contribution in [0.2, 0.25) is 0 Å². The van der Waals surface area contributed by atoms with Gasteiger partial charge in [0.25, 0.3) is 0 Å². The summed E-state index contributed by atoms with van der Waals surface area (Å²) in [5.74, 6) is 2.73. The number of rotatable bonds is 9. The van der Waals surface area contributed by atoms with Crippen LogP contribution < -0.4 is 11.1 Å². The lowest BCUT2D eigenvalue weighted by atomic mass is 9.98. The van der Waals surface area contributed by atoms with Gasteiger partial charge in [-0.1, -0.05) is 13.8 Å². The highest BCUT2D eigenvalue weighted by atomic mass is 32.2. The Morgan fingerprint density at radius 1 is 1.47 bits per heavy atom. The van der Waals surface area contributed by atoms with Crippen molar-refractivity contribution >= 4 is 17.7 Å². The molecule has 1 amide bonds. The lowest BCUT2D eigenvalue weighted by Gasteiger charge is -2.27. The monoisotopic (exact) mass is 258 g/mol. The molecule has 1 unspecified atom stereocenters. The predicted octanol–water partition coefficient (Wildman–Crippen LogP) is 2.15. The van der Waals surface area contributed by atoms with Crippen molar-refractivity contribution in [2.75, 3.05) is 11.5 Å². The number of carbonyl (C=O) groups excluding carboxylic acids is 1. The Labute approximate surface area is 109 Å². The average Bonchev–Trinajstić information content (AvgIpc) is 3.00. The van der Waals surface area contributed by atoms with Gasteiger partial charge >= 0.3 is 0 Å². The van der Waals surface area contributed by atoms with Gasteiger partial charge in [-0.15, -0.1) is 0 Å². The summed E-state index contributed by atoms with van der Waals surface area (Å²) in [5.41, 5.74) is 4.99. The van der Waals surface area contributed by atoms with Crippen molar-refractivity contribution in [2.24, 2.45) is 11.7 Å². The summed E-state index contributed by atoms with van der Waals surface area (Å²) >= 11 is 1.93. The third-order valence-electron chi connectivity index (χ3n) is 3.23. The van der Waals surface area contributed by atoms with E-state index >= 15 is 0 Å². The van der Waals surface area contributed by atoms with Crippen LogP contribution in [0.4, 0.5) is 0 Å². The predicted molar refractivity (Wildman–Crippen MR) is 75.2 cm³/mol. The van der Waals surface area contributed by atoms with Crippen LogP contribution in [-0.4, -0.2) is 29.0 Å². The third-order valence-corrected chi connectivity index (χ3v) is 4.25. The highest BCUT2D eigenvalue weighted by Gasteiger charge is 2.36. The molecular weight excluding hydrogens is 232 g/mol. The zero-order valence-electron chi connectivity index (χ0n) is 11.3. The first-order valence-electron chi connectivity index (χ1n) is 6.59. The number of hydrogen-bond acceptors (Lipinski definition) is 3. The molecule has 0 aromatic rings. The van der Waals surface area contributed by atoms with Crippen LogP contribution in [0, 0.1) is 5.92 Å². The zero-order chi connectivity index (χ0) is 12.9. The molecule has 3 nitrogen and oxygen atoms in total. The van der Waals surface area contributed by atoms with Gasteiger partial charge in [0.05, 0.1) is 5.54 Å². The maximum atomic E-state index is 11.5. The minimum Gasteiger partial charge on any atom is -0.368 e. The zero-order valence-corrected chi connectivity index (χ0v) is 12.1. The van der Waals surface area contributed by atoms with Crippen LogP contribution in [0.5, 0.6) is 0 Å². The van der Waals surface area contributed by atoms with E-state index in [2.05, 4.69) is 19.2 Å². The topological polar surface area (TPSA) is 55.1 Å². The minimum atomic E-state index is -0.508. The number of thioether (sulfide) groups is 1. The molecule has 1 atom stereocenters. The van der Waals surface area contributed by atoms with E-state index in [0.717, 1.165) is 18.1 Å². The molecule has 1 rings (SSSR count). The van der Waals surface area contributed by atoms with Crippen LogP contribution in [0.1, 0.15) is 46.5 Å². The van der Waals surface area contributed by atoms with Gasteiger partial charge in [-0.3, -0.25) is 4.79 Å². The fourth-order valence-corrected chi connectivity index (χ4v) is 3.04. The molecule has 0 aliphatic heterocycles. The summed E-state index contributed by atoms with van der Waals surface area (Å²) in [6, 6.07) is 0.521. The number of carbonyl (C=O) groups is 1. The second kappa shape index (κ2) is 6.64. The highest BCUT2D eigenvalue weighted by molar-refractivity contribution is 7.99. The summed E-state index contributed by atoms with van der Waals surface area (Å²) in [6.07, 6.45) is 4.45. The van der Waals surface area contributed by atoms with Crippen LogP contribution in [0.3, 0.4) is 0 Å². The van der Waals surface area contributed by atoms with E-state index in [9.17, 15) is 4.79 Å². The molecule has 0 aromatic heterocycles. The van der Waals surface area contributed by atoms with Crippen molar-refractivity contribution in [3.63, 3.8) is 0 Å². The van der Waals surface area contributed by atoms with Gasteiger partial charge in [0.1, 0.15) is 0 Å². The quantitative estimate of drug-likeness (QED) is 0.623. The molecule has 3 N–H and O–H groups in total. The van der Waals surface area contributed by atoms with E-state index in [1.807, 2.05) is 18.7 Å². The molecule has 0 radical (unpaired) electrons. The van der Waals surface area contributed by atoms with Gasteiger partial charge in [-0.25, -0.2) is 0 Å². The van der Waals surface area contributed by atoms with Gasteiger partial charge in [0.2, 0.25) is 5.91 Å². The Kier molecular flexibility index (Phi) is 5.80. The molecule has 1 aliphatic carbocycles. The largest absolute Gasteiger partial charge is 0.368 e. The molecule has 17 heavy (non-hydrogen) atoms. The highest BCUT2D eigenvalue weighted by Crippen LogP contribution is 2.25. The van der Waals surface area contributed by atoms with Gasteiger partial charge in [0.15, 0.2) is 0 Å². The van der Waals surface area contributed by atoms with Crippen molar-refractivity contribution in [1.82, 2.24) is 5.32 Å². The molecule has 0 spiro atoms. The SMILES string of the molecule is CC(C)CCSCCC(C)(NC1CC1)C(N)=O. The molecule has 4 heteroatoms. The van der Waals surface area contributed by atoms with Crippen LogP contribution in [-0.2, 0) is 4.79 Å². The standard InChI is InChI=1S/C13H26N2OS/c1-10(2)6-8-17-9-7-13(3,12(14)16)15-11-4-5-11/h10-11,15H,4-9H2,1-3H3,(H2,14,16). The number of primary amides is 1. The summed E-state index contributed by atoms with van der Waals surface area (Å²) in [7, 11) is 0. The van der Waals surface area contributed by atoms with E-state index in [1.54, 1.807) is 0 Å². The van der Waals surface area contributed by atoms with Gasteiger partial charge < -0.3 is 11.1 Å². The van der Waals surface area contributed by atoms with E-state index < -0.39 is 5.54 Å².